The SMILES string of the molecule is Cc1nn(CC(=O)Nc2cccc(I)c2)c(C)c1Br. The van der Waals surface area contributed by atoms with Crippen molar-refractivity contribution in [2.45, 2.75) is 20.4 Å². The number of aromatic nitrogens is 2. The number of rotatable bonds is 3. The minimum atomic E-state index is -0.0832. The molecule has 0 atom stereocenters. The van der Waals surface area contributed by atoms with Gasteiger partial charge in [-0.3, -0.25) is 9.48 Å². The molecule has 2 rings (SSSR count). The van der Waals surface area contributed by atoms with Crippen molar-refractivity contribution in [1.29, 1.82) is 0 Å². The number of nitrogens with zero attached hydrogens (tertiary/aromatic N) is 2. The van der Waals surface area contributed by atoms with Gasteiger partial charge in [-0.05, 0) is 70.6 Å². The van der Waals surface area contributed by atoms with E-state index in [1.165, 1.54) is 0 Å². The molecule has 0 saturated heterocycles. The molecule has 1 aromatic carbocycles. The van der Waals surface area contributed by atoms with E-state index >= 15 is 0 Å². The average molecular weight is 434 g/mol. The minimum absolute atomic E-state index is 0.0832. The first-order valence-corrected chi connectivity index (χ1v) is 7.59. The molecule has 1 aromatic heterocycles. The Kier molecular flexibility index (Phi) is 4.62. The van der Waals surface area contributed by atoms with E-state index in [9.17, 15) is 4.79 Å². The molecule has 2 aromatic rings. The molecule has 0 bridgehead atoms. The Balaban J connectivity index is 2.07. The lowest BCUT2D eigenvalue weighted by molar-refractivity contribution is -0.116. The van der Waals surface area contributed by atoms with Crippen LogP contribution in [0.5, 0.6) is 0 Å². The number of hydrogen-bond donors (Lipinski definition) is 1. The van der Waals surface area contributed by atoms with Crippen LogP contribution in [0, 0.1) is 17.4 Å². The van der Waals surface area contributed by atoms with Gasteiger partial charge in [-0.15, -0.1) is 0 Å². The standard InChI is InChI=1S/C13H13BrIN3O/c1-8-13(14)9(2)18(17-8)7-12(19)16-11-5-3-4-10(15)6-11/h3-6H,7H2,1-2H3,(H,16,19). The van der Waals surface area contributed by atoms with E-state index < -0.39 is 0 Å². The number of halogens is 2. The van der Waals surface area contributed by atoms with Gasteiger partial charge in [0.15, 0.2) is 0 Å². The van der Waals surface area contributed by atoms with Crippen molar-refractivity contribution >= 4 is 50.1 Å². The number of anilines is 1. The van der Waals surface area contributed by atoms with E-state index in [4.69, 9.17) is 0 Å². The third-order valence-corrected chi connectivity index (χ3v) is 4.51. The molecule has 6 heteroatoms. The second kappa shape index (κ2) is 6.04. The van der Waals surface area contributed by atoms with Gasteiger partial charge in [-0.25, -0.2) is 0 Å². The third kappa shape index (κ3) is 3.56. The molecule has 0 radical (unpaired) electrons. The first kappa shape index (κ1) is 14.5. The summed E-state index contributed by atoms with van der Waals surface area (Å²) in [6, 6.07) is 7.69. The molecular formula is C13H13BrIN3O. The van der Waals surface area contributed by atoms with E-state index in [0.29, 0.717) is 0 Å². The molecule has 0 spiro atoms. The Morgan fingerprint density at radius 2 is 2.21 bits per heavy atom. The van der Waals surface area contributed by atoms with Gasteiger partial charge in [-0.2, -0.15) is 5.10 Å². The fourth-order valence-corrected chi connectivity index (χ4v) is 2.56. The average Bonchev–Trinajstić information content (AvgIpc) is 2.57. The second-order valence-corrected chi connectivity index (χ2v) is 6.24. The molecule has 1 N–H and O–H groups in total. The van der Waals surface area contributed by atoms with Crippen molar-refractivity contribution in [3.05, 3.63) is 43.7 Å². The van der Waals surface area contributed by atoms with Crippen molar-refractivity contribution in [2.75, 3.05) is 5.32 Å². The molecule has 0 saturated carbocycles. The van der Waals surface area contributed by atoms with Crippen molar-refractivity contribution in [1.82, 2.24) is 9.78 Å². The van der Waals surface area contributed by atoms with E-state index in [0.717, 1.165) is 25.1 Å². The van der Waals surface area contributed by atoms with Gasteiger partial charge in [0.2, 0.25) is 5.91 Å². The highest BCUT2D eigenvalue weighted by Gasteiger charge is 2.11. The predicted molar refractivity (Wildman–Crippen MR) is 87.2 cm³/mol. The summed E-state index contributed by atoms with van der Waals surface area (Å²) in [5, 5.41) is 7.18. The van der Waals surface area contributed by atoms with Crippen LogP contribution in [0.3, 0.4) is 0 Å². The van der Waals surface area contributed by atoms with E-state index in [1.807, 2.05) is 38.1 Å². The zero-order valence-corrected chi connectivity index (χ0v) is 14.3. The van der Waals surface area contributed by atoms with Gasteiger partial charge in [0, 0.05) is 9.26 Å². The summed E-state index contributed by atoms with van der Waals surface area (Å²) >= 11 is 5.66. The van der Waals surface area contributed by atoms with Gasteiger partial charge in [0.05, 0.1) is 15.9 Å². The molecule has 1 amide bonds. The van der Waals surface area contributed by atoms with E-state index in [-0.39, 0.29) is 12.5 Å². The van der Waals surface area contributed by atoms with E-state index in [2.05, 4.69) is 48.9 Å². The van der Waals surface area contributed by atoms with Crippen LogP contribution in [0.15, 0.2) is 28.7 Å². The van der Waals surface area contributed by atoms with Gasteiger partial charge in [-0.1, -0.05) is 6.07 Å². The Morgan fingerprint density at radius 1 is 1.47 bits per heavy atom. The maximum Gasteiger partial charge on any atom is 0.246 e. The topological polar surface area (TPSA) is 46.9 Å². The lowest BCUT2D eigenvalue weighted by atomic mass is 10.3. The monoisotopic (exact) mass is 433 g/mol. The number of amides is 1. The number of aryl methyl sites for hydroxylation is 1. The predicted octanol–water partition coefficient (Wildman–Crippen LogP) is 3.51. The maximum atomic E-state index is 12.0. The zero-order chi connectivity index (χ0) is 14.0. The largest absolute Gasteiger partial charge is 0.324 e. The lowest BCUT2D eigenvalue weighted by Gasteiger charge is -2.07. The highest BCUT2D eigenvalue weighted by molar-refractivity contribution is 14.1. The van der Waals surface area contributed by atoms with Crippen LogP contribution in [0.2, 0.25) is 0 Å². The summed E-state index contributed by atoms with van der Waals surface area (Å²) in [4.78, 5) is 12.0. The Labute approximate surface area is 133 Å². The normalized spacial score (nSPS) is 10.5. The third-order valence-electron chi connectivity index (χ3n) is 2.69. The van der Waals surface area contributed by atoms with Crippen molar-refractivity contribution < 1.29 is 4.79 Å². The zero-order valence-electron chi connectivity index (χ0n) is 10.6. The molecule has 0 fully saturated rings. The van der Waals surface area contributed by atoms with Gasteiger partial charge >= 0.3 is 0 Å². The van der Waals surface area contributed by atoms with Gasteiger partial charge in [0.25, 0.3) is 0 Å². The quantitative estimate of drug-likeness (QED) is 0.753. The van der Waals surface area contributed by atoms with Crippen LogP contribution >= 0.6 is 38.5 Å². The van der Waals surface area contributed by atoms with Crippen LogP contribution < -0.4 is 5.32 Å². The van der Waals surface area contributed by atoms with Crippen LogP contribution in [0.25, 0.3) is 0 Å². The van der Waals surface area contributed by atoms with Crippen LogP contribution in [0.4, 0.5) is 5.69 Å². The summed E-state index contributed by atoms with van der Waals surface area (Å²) in [7, 11) is 0. The molecule has 1 heterocycles. The number of hydrogen-bond acceptors (Lipinski definition) is 2. The molecule has 0 aliphatic heterocycles. The fraction of sp³-hybridized carbons (Fsp3) is 0.231. The highest BCUT2D eigenvalue weighted by Crippen LogP contribution is 2.19. The summed E-state index contributed by atoms with van der Waals surface area (Å²) in [6.45, 7) is 4.05. The summed E-state index contributed by atoms with van der Waals surface area (Å²) < 4.78 is 3.74. The maximum absolute atomic E-state index is 12.0. The number of carbonyl (C=O) groups excluding carboxylic acids is 1. The van der Waals surface area contributed by atoms with Crippen LogP contribution in [-0.4, -0.2) is 15.7 Å². The Morgan fingerprint density at radius 3 is 2.79 bits per heavy atom. The van der Waals surface area contributed by atoms with Gasteiger partial charge < -0.3 is 5.32 Å². The highest BCUT2D eigenvalue weighted by atomic mass is 127. The lowest BCUT2D eigenvalue weighted by Crippen LogP contribution is -2.20. The summed E-state index contributed by atoms with van der Waals surface area (Å²) in [5.41, 5.74) is 2.65. The van der Waals surface area contributed by atoms with Crippen LogP contribution in [0.1, 0.15) is 11.4 Å². The smallest absolute Gasteiger partial charge is 0.246 e. The second-order valence-electron chi connectivity index (χ2n) is 4.20. The molecule has 0 aliphatic carbocycles. The number of benzene rings is 1. The molecule has 19 heavy (non-hydrogen) atoms. The first-order valence-electron chi connectivity index (χ1n) is 5.72. The molecular weight excluding hydrogens is 421 g/mol. The van der Waals surface area contributed by atoms with Crippen molar-refractivity contribution in [2.24, 2.45) is 0 Å². The Hall–Kier alpha value is -0.890. The van der Waals surface area contributed by atoms with E-state index in [1.54, 1.807) is 4.68 Å². The Bertz CT molecular complexity index is 624. The molecule has 0 aliphatic rings. The summed E-state index contributed by atoms with van der Waals surface area (Å²) in [5.74, 6) is -0.0832. The molecule has 4 nitrogen and oxygen atoms in total. The molecule has 0 unspecified atom stereocenters. The first-order chi connectivity index (χ1) is 8.97. The molecule has 100 valence electrons. The fourth-order valence-electron chi connectivity index (χ4n) is 1.73. The van der Waals surface area contributed by atoms with Crippen molar-refractivity contribution in [3.8, 4) is 0 Å². The summed E-state index contributed by atoms with van der Waals surface area (Å²) in [6.07, 6.45) is 0. The number of nitrogens with one attached hydrogen (secondary N) is 1. The van der Waals surface area contributed by atoms with Crippen molar-refractivity contribution in [3.63, 3.8) is 0 Å². The van der Waals surface area contributed by atoms with Crippen LogP contribution in [-0.2, 0) is 11.3 Å². The number of carbonyl (C=O) groups is 1. The van der Waals surface area contributed by atoms with Gasteiger partial charge in [0.1, 0.15) is 6.54 Å². The minimum Gasteiger partial charge on any atom is -0.324 e.